The number of rotatable bonds is 4. The second kappa shape index (κ2) is 8.39. The monoisotopic (exact) mass is 430 g/mol. The molecule has 7 nitrogen and oxygen atoms in total. The number of likely N-dealkylation sites (tertiary alicyclic amines) is 1. The lowest BCUT2D eigenvalue weighted by molar-refractivity contribution is 0.0611. The van der Waals surface area contributed by atoms with Crippen LogP contribution in [0.4, 0.5) is 0 Å². The number of piperidine rings is 1. The number of aryl methyl sites for hydroxylation is 1. The van der Waals surface area contributed by atoms with Gasteiger partial charge in [0.25, 0.3) is 5.91 Å². The van der Waals surface area contributed by atoms with Crippen molar-refractivity contribution in [1.82, 2.24) is 30.1 Å². The lowest BCUT2D eigenvalue weighted by Gasteiger charge is -2.36. The van der Waals surface area contributed by atoms with Crippen LogP contribution in [0.3, 0.4) is 0 Å². The van der Waals surface area contributed by atoms with E-state index in [0.717, 1.165) is 47.5 Å². The van der Waals surface area contributed by atoms with E-state index in [2.05, 4.69) is 44.9 Å². The Morgan fingerprint density at radius 3 is 2.87 bits per heavy atom. The van der Waals surface area contributed by atoms with E-state index < -0.39 is 0 Å². The fourth-order valence-electron chi connectivity index (χ4n) is 4.13. The maximum Gasteiger partial charge on any atom is 0.254 e. The summed E-state index contributed by atoms with van der Waals surface area (Å²) in [5, 5.41) is 13.7. The summed E-state index contributed by atoms with van der Waals surface area (Å²) in [5.41, 5.74) is 4.69. The molecule has 8 heteroatoms. The Kier molecular flexibility index (Phi) is 5.30. The van der Waals surface area contributed by atoms with Gasteiger partial charge >= 0.3 is 0 Å². The van der Waals surface area contributed by atoms with E-state index >= 15 is 0 Å². The number of pyridine rings is 1. The minimum Gasteiger partial charge on any atom is -0.332 e. The fraction of sp³-hybridized carbons (Fsp3) is 0.261. The third-order valence-electron chi connectivity index (χ3n) is 5.63. The van der Waals surface area contributed by atoms with E-state index in [1.54, 1.807) is 28.5 Å². The predicted molar refractivity (Wildman–Crippen MR) is 119 cm³/mol. The molecule has 5 rings (SSSR count). The van der Waals surface area contributed by atoms with Crippen LogP contribution < -0.4 is 0 Å². The number of nitrogens with zero attached hydrogens (tertiary/aromatic N) is 6. The molecule has 1 aliphatic rings. The third-order valence-corrected chi connectivity index (χ3v) is 6.72. The highest BCUT2D eigenvalue weighted by Crippen LogP contribution is 2.34. The highest BCUT2D eigenvalue weighted by molar-refractivity contribution is 7.13. The summed E-state index contributed by atoms with van der Waals surface area (Å²) in [7, 11) is 0. The van der Waals surface area contributed by atoms with E-state index in [9.17, 15) is 4.79 Å². The molecule has 0 N–H and O–H groups in total. The maximum atomic E-state index is 13.7. The van der Waals surface area contributed by atoms with Gasteiger partial charge in [-0.2, -0.15) is 0 Å². The molecule has 0 spiro atoms. The largest absolute Gasteiger partial charge is 0.332 e. The molecule has 1 fully saturated rings. The van der Waals surface area contributed by atoms with Crippen LogP contribution >= 0.6 is 11.3 Å². The molecule has 1 saturated heterocycles. The molecule has 31 heavy (non-hydrogen) atoms. The molecule has 3 aromatic heterocycles. The van der Waals surface area contributed by atoms with Crippen molar-refractivity contribution in [3.63, 3.8) is 0 Å². The average molecular weight is 431 g/mol. The Balaban J connectivity index is 1.56. The Morgan fingerprint density at radius 2 is 2.13 bits per heavy atom. The molecule has 0 saturated carbocycles. The molecule has 1 aliphatic heterocycles. The van der Waals surface area contributed by atoms with Gasteiger partial charge in [-0.1, -0.05) is 6.07 Å². The van der Waals surface area contributed by atoms with E-state index in [1.807, 2.05) is 35.4 Å². The first-order valence-electron chi connectivity index (χ1n) is 10.3. The van der Waals surface area contributed by atoms with Crippen molar-refractivity contribution in [2.24, 2.45) is 0 Å². The molecule has 0 unspecified atom stereocenters. The number of carbonyl (C=O) groups excluding carboxylic acids is 1. The predicted octanol–water partition coefficient (Wildman–Crippen LogP) is 4.46. The Morgan fingerprint density at radius 1 is 1.19 bits per heavy atom. The number of hydrogen-bond acceptors (Lipinski definition) is 6. The van der Waals surface area contributed by atoms with Crippen molar-refractivity contribution < 1.29 is 4.79 Å². The average Bonchev–Trinajstić information content (AvgIpc) is 3.51. The highest BCUT2D eigenvalue weighted by atomic mass is 32.1. The van der Waals surface area contributed by atoms with Crippen LogP contribution in [0.2, 0.25) is 0 Å². The van der Waals surface area contributed by atoms with Gasteiger partial charge in [0.1, 0.15) is 6.33 Å². The molecular formula is C23H22N6OS. The summed E-state index contributed by atoms with van der Waals surface area (Å²) in [6.45, 7) is 2.81. The van der Waals surface area contributed by atoms with E-state index in [1.165, 1.54) is 5.56 Å². The van der Waals surface area contributed by atoms with Crippen LogP contribution in [0.15, 0.2) is 60.5 Å². The van der Waals surface area contributed by atoms with E-state index in [0.29, 0.717) is 5.56 Å². The van der Waals surface area contributed by atoms with Gasteiger partial charge in [0.2, 0.25) is 0 Å². The smallest absolute Gasteiger partial charge is 0.254 e. The molecule has 1 atom stereocenters. The first-order chi connectivity index (χ1) is 15.2. The van der Waals surface area contributed by atoms with Crippen molar-refractivity contribution in [3.05, 3.63) is 77.2 Å². The van der Waals surface area contributed by atoms with Crippen LogP contribution in [-0.4, -0.2) is 42.5 Å². The van der Waals surface area contributed by atoms with Crippen molar-refractivity contribution >= 4 is 17.2 Å². The Hall–Kier alpha value is -3.39. The molecule has 1 aromatic carbocycles. The van der Waals surface area contributed by atoms with Crippen molar-refractivity contribution in [1.29, 1.82) is 0 Å². The molecule has 0 aliphatic carbocycles. The normalized spacial score (nSPS) is 16.4. The van der Waals surface area contributed by atoms with Crippen molar-refractivity contribution in [2.75, 3.05) is 6.54 Å². The lowest BCUT2D eigenvalue weighted by Crippen LogP contribution is -2.38. The van der Waals surface area contributed by atoms with Gasteiger partial charge < -0.3 is 4.90 Å². The number of hydrogen-bond donors (Lipinski definition) is 0. The minimum absolute atomic E-state index is 0.0259. The number of amides is 1. The zero-order chi connectivity index (χ0) is 21.2. The van der Waals surface area contributed by atoms with Gasteiger partial charge in [-0.3, -0.25) is 9.78 Å². The molecule has 1 amide bonds. The van der Waals surface area contributed by atoms with Crippen LogP contribution in [-0.2, 0) is 0 Å². The molecule has 4 heterocycles. The van der Waals surface area contributed by atoms with Gasteiger partial charge in [-0.15, -0.1) is 16.4 Å². The van der Waals surface area contributed by atoms with Gasteiger partial charge in [0, 0.05) is 29.4 Å². The summed E-state index contributed by atoms with van der Waals surface area (Å²) >= 11 is 1.67. The fourth-order valence-corrected chi connectivity index (χ4v) is 5.02. The quantitative estimate of drug-likeness (QED) is 0.478. The zero-order valence-electron chi connectivity index (χ0n) is 17.2. The maximum absolute atomic E-state index is 13.7. The first-order valence-corrected chi connectivity index (χ1v) is 11.2. The molecule has 0 radical (unpaired) electrons. The van der Waals surface area contributed by atoms with Crippen LogP contribution in [0.25, 0.3) is 16.1 Å². The van der Waals surface area contributed by atoms with Gasteiger partial charge in [-0.25, -0.2) is 4.68 Å². The van der Waals surface area contributed by atoms with Crippen molar-refractivity contribution in [3.8, 4) is 16.1 Å². The Labute approximate surface area is 184 Å². The second-order valence-corrected chi connectivity index (χ2v) is 8.72. The van der Waals surface area contributed by atoms with Crippen LogP contribution in [0.1, 0.15) is 46.8 Å². The Bertz CT molecular complexity index is 1190. The van der Waals surface area contributed by atoms with Gasteiger partial charge in [0.05, 0.1) is 11.7 Å². The van der Waals surface area contributed by atoms with Crippen LogP contribution in [0, 0.1) is 6.92 Å². The summed E-state index contributed by atoms with van der Waals surface area (Å²) < 4.78 is 1.59. The number of thiophene rings is 1. The summed E-state index contributed by atoms with van der Waals surface area (Å²) in [6.07, 6.45) is 8.24. The van der Waals surface area contributed by atoms with Crippen LogP contribution in [0.5, 0.6) is 0 Å². The zero-order valence-corrected chi connectivity index (χ0v) is 18.0. The first kappa shape index (κ1) is 19.6. The standard InChI is InChI=1S/C23H22N6OS/c1-16-9-22(31-14-16)18-10-19(12-20(11-18)29-15-25-26-27-29)23(30)28-8-3-2-6-21(28)17-5-4-7-24-13-17/h4-5,7,9-15,21H,2-3,6,8H2,1H3/t21-/m1/s1. The number of carbonyl (C=O) groups is 1. The van der Waals surface area contributed by atoms with Crippen molar-refractivity contribution in [2.45, 2.75) is 32.2 Å². The molecular weight excluding hydrogens is 408 g/mol. The second-order valence-electron chi connectivity index (χ2n) is 7.81. The number of benzene rings is 1. The summed E-state index contributed by atoms with van der Waals surface area (Å²) in [4.78, 5) is 21.1. The van der Waals surface area contributed by atoms with Gasteiger partial charge in [0.15, 0.2) is 0 Å². The lowest BCUT2D eigenvalue weighted by atomic mass is 9.95. The van der Waals surface area contributed by atoms with E-state index in [-0.39, 0.29) is 11.9 Å². The molecule has 156 valence electrons. The number of tetrazole rings is 1. The van der Waals surface area contributed by atoms with E-state index in [4.69, 9.17) is 0 Å². The SMILES string of the molecule is Cc1csc(-c2cc(C(=O)N3CCCC[C@@H]3c3cccnc3)cc(-n3cnnn3)c2)c1. The van der Waals surface area contributed by atoms with Gasteiger partial charge in [-0.05, 0) is 89.0 Å². The minimum atomic E-state index is 0.0259. The number of aromatic nitrogens is 5. The topological polar surface area (TPSA) is 76.8 Å². The molecule has 4 aromatic rings. The highest BCUT2D eigenvalue weighted by Gasteiger charge is 2.29. The molecule has 0 bridgehead atoms. The summed E-state index contributed by atoms with van der Waals surface area (Å²) in [5.74, 6) is 0.0259. The summed E-state index contributed by atoms with van der Waals surface area (Å²) in [6, 6.07) is 12.0. The third kappa shape index (κ3) is 3.98.